The topological polar surface area (TPSA) is 195 Å². The minimum atomic E-state index is -6.24. The van der Waals surface area contributed by atoms with Gasteiger partial charge in [-0.3, -0.25) is 10.1 Å². The Morgan fingerprint density at radius 3 is 1.45 bits per heavy atom. The summed E-state index contributed by atoms with van der Waals surface area (Å²) in [5.74, 6) is -5.35. The number of carbonyl (C=O) groups excluding carboxylic acids is 2. The smallest absolute Gasteiger partial charge is 0.425 e. The molecule has 332 valence electrons. The fourth-order valence-electron chi connectivity index (χ4n) is 4.68. The minimum absolute atomic E-state index is 0.00889. The van der Waals surface area contributed by atoms with Crippen LogP contribution in [0.15, 0.2) is 72.8 Å². The first-order chi connectivity index (χ1) is 27.9. The number of halogens is 12. The number of aromatic hydroxyl groups is 2. The van der Waals surface area contributed by atoms with Crippen molar-refractivity contribution in [2.45, 2.75) is 34.2 Å². The summed E-state index contributed by atoms with van der Waals surface area (Å²) >= 11 is -3.15. The summed E-state index contributed by atoms with van der Waals surface area (Å²) in [4.78, 5) is 23.4. The molecule has 2 N–H and O–H groups in total. The van der Waals surface area contributed by atoms with Crippen LogP contribution in [-0.2, 0) is 37.8 Å². The van der Waals surface area contributed by atoms with Crippen molar-refractivity contribution in [1.29, 1.82) is 0 Å². The van der Waals surface area contributed by atoms with Crippen LogP contribution in [-0.4, -0.2) is 82.8 Å². The molecule has 0 aromatic heterocycles. The first-order valence-electron chi connectivity index (χ1n) is 15.5. The highest BCUT2D eigenvalue weighted by Crippen LogP contribution is 2.54. The lowest BCUT2D eigenvalue weighted by atomic mass is 10.1. The van der Waals surface area contributed by atoms with E-state index in [4.69, 9.17) is 9.47 Å². The number of alkyl halides is 12. The van der Waals surface area contributed by atoms with Crippen LogP contribution in [0.5, 0.6) is 23.0 Å². The molecule has 4 rings (SSSR count). The lowest BCUT2D eigenvalue weighted by molar-refractivity contribution is -0.777. The molecular formula is C32H22F12O14S2-2. The molecule has 0 aliphatic rings. The van der Waals surface area contributed by atoms with Crippen molar-refractivity contribution >= 4 is 57.6 Å². The molecule has 4 aromatic rings. The van der Waals surface area contributed by atoms with Crippen molar-refractivity contribution in [2.24, 2.45) is 0 Å². The number of hydrogen-bond acceptors (Lipinski definition) is 16. The molecule has 0 bridgehead atoms. The van der Waals surface area contributed by atoms with E-state index in [2.05, 4.69) is 28.2 Å². The predicted octanol–water partition coefficient (Wildman–Crippen LogP) is 6.41. The van der Waals surface area contributed by atoms with E-state index in [0.717, 1.165) is 0 Å². The van der Waals surface area contributed by atoms with Crippen LogP contribution in [0.25, 0.3) is 21.5 Å². The fourth-order valence-corrected chi connectivity index (χ4v) is 5.57. The van der Waals surface area contributed by atoms with Crippen LogP contribution in [0.3, 0.4) is 0 Å². The van der Waals surface area contributed by atoms with Crippen molar-refractivity contribution in [3.63, 3.8) is 0 Å². The van der Waals surface area contributed by atoms with E-state index in [0.29, 0.717) is 21.5 Å². The molecule has 4 aromatic carbocycles. The van der Waals surface area contributed by atoms with E-state index >= 15 is 0 Å². The van der Waals surface area contributed by atoms with Crippen molar-refractivity contribution in [3.8, 4) is 23.0 Å². The second kappa shape index (κ2) is 20.1. The van der Waals surface area contributed by atoms with Gasteiger partial charge in [-0.1, -0.05) is 36.4 Å². The summed E-state index contributed by atoms with van der Waals surface area (Å²) < 4.78 is 171. The van der Waals surface area contributed by atoms with E-state index < -0.39 is 96.7 Å². The van der Waals surface area contributed by atoms with Gasteiger partial charge in [0.25, 0.3) is 0 Å². The molecule has 0 saturated carbocycles. The molecule has 0 amide bonds. The van der Waals surface area contributed by atoms with Crippen molar-refractivity contribution in [2.75, 3.05) is 26.4 Å². The van der Waals surface area contributed by atoms with E-state index in [1.807, 2.05) is 0 Å². The van der Waals surface area contributed by atoms with Crippen molar-refractivity contribution in [1.82, 2.24) is 0 Å². The average molecular weight is 923 g/mol. The van der Waals surface area contributed by atoms with E-state index in [9.17, 15) is 83.0 Å². The fraction of sp³-hybridized carbons (Fsp3) is 0.312. The zero-order valence-corrected chi connectivity index (χ0v) is 30.5. The van der Waals surface area contributed by atoms with Crippen molar-refractivity contribution in [3.05, 3.63) is 72.8 Å². The zero-order valence-electron chi connectivity index (χ0n) is 28.9. The summed E-state index contributed by atoms with van der Waals surface area (Å²) in [7, 11) is 0. The molecule has 0 fully saturated rings. The Morgan fingerprint density at radius 2 is 0.967 bits per heavy atom. The van der Waals surface area contributed by atoms with Gasteiger partial charge in [-0.05, 0) is 41.8 Å². The molecule has 0 aliphatic carbocycles. The summed E-state index contributed by atoms with van der Waals surface area (Å²) in [5.41, 5.74) is 0. The Labute approximate surface area is 334 Å². The van der Waals surface area contributed by atoms with Crippen LogP contribution >= 0.6 is 24.1 Å². The maximum Gasteiger partial charge on any atom is 0.425 e. The third-order valence-corrected chi connectivity index (χ3v) is 9.40. The summed E-state index contributed by atoms with van der Waals surface area (Å²) in [5, 5.41) is 45.8. The molecule has 14 nitrogen and oxygen atoms in total. The Kier molecular flexibility index (Phi) is 16.6. The Bertz CT molecular complexity index is 2040. The number of carbonyl (C=O) groups is 2. The number of phenols is 2. The standard InChI is InChI=1S/2C16H12F6O7S/c17-15(18,19)14(16(20,21)22,30-29-28-25)13(24)27-8-7-26-12-6-2-3-9-10(12)4-1-5-11(9)23;17-15(18,19)14(16(20,21)22,30-29-28-25)13(24)27-7-6-26-10-4-5-11-9(8-10)2-1-3-12(11)23/h1-6,23,25H,7-8H2;1-5,8,23,25H,6-7H2/p-2. The number of esters is 2. The maximum absolute atomic E-state index is 13.1. The van der Waals surface area contributed by atoms with E-state index in [1.54, 1.807) is 24.3 Å². The van der Waals surface area contributed by atoms with Crippen molar-refractivity contribution < 1.29 is 121 Å². The number of hydrogen-bond donors (Lipinski definition) is 2. The third-order valence-electron chi connectivity index (χ3n) is 7.39. The van der Waals surface area contributed by atoms with Crippen LogP contribution in [0.1, 0.15) is 0 Å². The van der Waals surface area contributed by atoms with Gasteiger partial charge in [-0.2, -0.15) is 61.4 Å². The largest absolute Gasteiger partial charge is 0.691 e. The summed E-state index contributed by atoms with van der Waals surface area (Å²) in [6.45, 7) is -3.19. The van der Waals surface area contributed by atoms with Crippen LogP contribution in [0, 0.1) is 0 Å². The first-order valence-corrected chi connectivity index (χ1v) is 17.0. The molecule has 60 heavy (non-hydrogen) atoms. The molecular weight excluding hydrogens is 900 g/mol. The molecule has 0 radical (unpaired) electrons. The van der Waals surface area contributed by atoms with Gasteiger partial charge in [0.2, 0.25) is 0 Å². The number of benzene rings is 4. The minimum Gasteiger partial charge on any atom is -0.691 e. The average Bonchev–Trinajstić information content (AvgIpc) is 3.14. The summed E-state index contributed by atoms with van der Waals surface area (Å²) in [6.07, 6.45) is -24.9. The van der Waals surface area contributed by atoms with Crippen LogP contribution in [0.4, 0.5) is 52.7 Å². The predicted molar refractivity (Wildman–Crippen MR) is 173 cm³/mol. The normalized spacial score (nSPS) is 12.8. The van der Waals surface area contributed by atoms with E-state index in [-0.39, 0.29) is 23.0 Å². The highest BCUT2D eigenvalue weighted by atomic mass is 32.2. The van der Waals surface area contributed by atoms with E-state index in [1.165, 1.54) is 48.5 Å². The second-order valence-corrected chi connectivity index (χ2v) is 12.9. The zero-order chi connectivity index (χ0) is 45.2. The lowest BCUT2D eigenvalue weighted by Gasteiger charge is -2.32. The first kappa shape index (κ1) is 49.5. The Hall–Kier alpha value is -4.84. The molecule has 0 unspecified atom stereocenters. The van der Waals surface area contributed by atoms with Gasteiger partial charge in [0.15, 0.2) is 0 Å². The van der Waals surface area contributed by atoms with Gasteiger partial charge in [0.1, 0.15) is 49.4 Å². The van der Waals surface area contributed by atoms with Gasteiger partial charge >= 0.3 is 46.1 Å². The lowest BCUT2D eigenvalue weighted by Crippen LogP contribution is -2.60. The number of ether oxygens (including phenoxy) is 4. The summed E-state index contributed by atoms with van der Waals surface area (Å²) in [6, 6.07) is 17.8. The molecule has 0 aliphatic heterocycles. The second-order valence-electron chi connectivity index (χ2n) is 11.0. The van der Waals surface area contributed by atoms with Gasteiger partial charge < -0.3 is 39.7 Å². The van der Waals surface area contributed by atoms with Crippen LogP contribution < -0.4 is 20.0 Å². The van der Waals surface area contributed by atoms with Crippen LogP contribution in [0.2, 0.25) is 0 Å². The Balaban J connectivity index is 0.000000320. The maximum atomic E-state index is 13.1. The number of phenolic OH excluding ortho intramolecular Hbond substituents is 2. The highest BCUT2D eigenvalue weighted by Gasteiger charge is 2.80. The monoisotopic (exact) mass is 922 g/mol. The number of rotatable bonds is 16. The highest BCUT2D eigenvalue weighted by molar-refractivity contribution is 7.97. The van der Waals surface area contributed by atoms with Gasteiger partial charge in [0.05, 0.1) is 24.1 Å². The quantitative estimate of drug-likeness (QED) is 0.0313. The molecule has 28 heteroatoms. The van der Waals surface area contributed by atoms with Gasteiger partial charge in [-0.25, -0.2) is 9.59 Å². The molecule has 0 heterocycles. The Morgan fingerprint density at radius 1 is 0.533 bits per heavy atom. The molecule has 0 spiro atoms. The SMILES string of the molecule is O=C(OCCOc1ccc2c(O)cccc2c1)C(SOO[O-])(C(F)(F)F)C(F)(F)F.O=C(OCCOc1cccc2c(O)cccc12)C(SOO[O-])(C(F)(F)F)C(F)(F)F. The third kappa shape index (κ3) is 11.1. The molecule has 0 saturated heterocycles. The van der Waals surface area contributed by atoms with Gasteiger partial charge in [-0.15, -0.1) is 0 Å². The number of fused-ring (bicyclic) bond motifs is 2. The molecule has 0 atom stereocenters. The van der Waals surface area contributed by atoms with Gasteiger partial charge in [0, 0.05) is 16.2 Å².